The van der Waals surface area contributed by atoms with Crippen LogP contribution in [0.4, 0.5) is 0 Å². The van der Waals surface area contributed by atoms with Crippen molar-refractivity contribution in [2.24, 2.45) is 11.8 Å². The molecule has 0 radical (unpaired) electrons. The van der Waals surface area contributed by atoms with Crippen molar-refractivity contribution in [3.63, 3.8) is 0 Å². The van der Waals surface area contributed by atoms with Crippen molar-refractivity contribution in [1.82, 2.24) is 14.5 Å². The normalized spacial score (nSPS) is 26.8. The molecule has 6 nitrogen and oxygen atoms in total. The number of nitrogens with zero attached hydrogens (tertiary/aromatic N) is 2. The molecule has 2 saturated carbocycles. The first-order valence-electron chi connectivity index (χ1n) is 10.3. The van der Waals surface area contributed by atoms with Gasteiger partial charge in [-0.15, -0.1) is 0 Å². The molecule has 0 spiro atoms. The van der Waals surface area contributed by atoms with E-state index >= 15 is 0 Å². The molecule has 2 aliphatic carbocycles. The van der Waals surface area contributed by atoms with Crippen LogP contribution in [-0.4, -0.2) is 44.7 Å². The van der Waals surface area contributed by atoms with E-state index in [9.17, 15) is 14.7 Å². The van der Waals surface area contributed by atoms with Gasteiger partial charge in [-0.25, -0.2) is 4.79 Å². The maximum absolute atomic E-state index is 13.1. The molecule has 2 atom stereocenters. The molecule has 2 heterocycles. The van der Waals surface area contributed by atoms with Crippen molar-refractivity contribution in [2.75, 3.05) is 13.1 Å². The number of carbonyl (C=O) groups excluding carboxylic acids is 1. The van der Waals surface area contributed by atoms with Gasteiger partial charge in [0, 0.05) is 30.6 Å². The van der Waals surface area contributed by atoms with Gasteiger partial charge in [0.15, 0.2) is 0 Å². The lowest BCUT2D eigenvalue weighted by atomic mass is 9.82. The maximum atomic E-state index is 13.1. The Labute approximate surface area is 158 Å². The lowest BCUT2D eigenvalue weighted by Crippen LogP contribution is -2.48. The van der Waals surface area contributed by atoms with Crippen LogP contribution < -0.4 is 5.69 Å². The number of carbonyl (C=O) groups is 1. The Hall–Kier alpha value is -2.08. The Bertz CT molecular complexity index is 920. The van der Waals surface area contributed by atoms with E-state index in [0.29, 0.717) is 37.0 Å². The molecular formula is C21H27N3O3. The highest BCUT2D eigenvalue weighted by Gasteiger charge is 2.37. The van der Waals surface area contributed by atoms with Crippen LogP contribution in [0.1, 0.15) is 61.3 Å². The highest BCUT2D eigenvalue weighted by molar-refractivity contribution is 5.97. The fourth-order valence-corrected chi connectivity index (χ4v) is 5.14. The van der Waals surface area contributed by atoms with E-state index in [4.69, 9.17) is 0 Å². The van der Waals surface area contributed by atoms with Crippen LogP contribution in [-0.2, 0) is 0 Å². The first-order valence-corrected chi connectivity index (χ1v) is 10.3. The first kappa shape index (κ1) is 17.0. The number of amides is 1. The molecule has 27 heavy (non-hydrogen) atoms. The zero-order valence-corrected chi connectivity index (χ0v) is 15.6. The lowest BCUT2D eigenvalue weighted by molar-refractivity contribution is 0.00303. The van der Waals surface area contributed by atoms with Gasteiger partial charge < -0.3 is 15.0 Å². The molecule has 0 unspecified atom stereocenters. The molecule has 0 bridgehead atoms. The van der Waals surface area contributed by atoms with Crippen LogP contribution >= 0.6 is 0 Å². The topological polar surface area (TPSA) is 78.3 Å². The maximum Gasteiger partial charge on any atom is 0.326 e. The number of hydrogen-bond donors (Lipinski definition) is 2. The molecule has 1 saturated heterocycles. The minimum Gasteiger partial charge on any atom is -0.393 e. The number of benzene rings is 1. The summed E-state index contributed by atoms with van der Waals surface area (Å²) in [7, 11) is 0. The standard InChI is InChI=1S/C21H27N3O3/c25-19-9-10-23(12-16(19)13-3-1-2-4-13)20(26)14-5-8-18-17(11-14)22-21(27)24(18)15-6-7-15/h5,8,11,13,15-16,19,25H,1-4,6-7,9-10,12H2,(H,22,27)/t16-,19+/m0/s1. The number of hydrogen-bond acceptors (Lipinski definition) is 3. The second kappa shape index (κ2) is 6.51. The summed E-state index contributed by atoms with van der Waals surface area (Å²) in [6.45, 7) is 1.24. The van der Waals surface area contributed by atoms with Crippen LogP contribution in [0.25, 0.3) is 11.0 Å². The smallest absolute Gasteiger partial charge is 0.326 e. The largest absolute Gasteiger partial charge is 0.393 e. The predicted octanol–water partition coefficient (Wildman–Crippen LogP) is 2.68. The number of aromatic nitrogens is 2. The number of nitrogens with one attached hydrogen (secondary N) is 1. The second-order valence-corrected chi connectivity index (χ2v) is 8.58. The molecule has 5 rings (SSSR count). The van der Waals surface area contributed by atoms with E-state index in [1.165, 1.54) is 25.7 Å². The van der Waals surface area contributed by atoms with Gasteiger partial charge in [-0.3, -0.25) is 9.36 Å². The number of rotatable bonds is 3. The van der Waals surface area contributed by atoms with Gasteiger partial charge >= 0.3 is 5.69 Å². The number of piperidine rings is 1. The zero-order chi connectivity index (χ0) is 18.5. The summed E-state index contributed by atoms with van der Waals surface area (Å²) >= 11 is 0. The number of aliphatic hydroxyl groups is 1. The molecule has 2 aromatic rings. The fourth-order valence-electron chi connectivity index (χ4n) is 5.14. The van der Waals surface area contributed by atoms with E-state index in [1.54, 1.807) is 0 Å². The van der Waals surface area contributed by atoms with E-state index in [0.717, 1.165) is 23.9 Å². The van der Waals surface area contributed by atoms with Crippen LogP contribution in [0, 0.1) is 11.8 Å². The van der Waals surface area contributed by atoms with Crippen molar-refractivity contribution in [3.05, 3.63) is 34.2 Å². The van der Waals surface area contributed by atoms with Gasteiger partial charge in [-0.05, 0) is 43.4 Å². The van der Waals surface area contributed by atoms with Crippen LogP contribution in [0.3, 0.4) is 0 Å². The second-order valence-electron chi connectivity index (χ2n) is 8.58. The van der Waals surface area contributed by atoms with Crippen molar-refractivity contribution in [2.45, 2.75) is 57.1 Å². The van der Waals surface area contributed by atoms with Gasteiger partial charge in [0.1, 0.15) is 0 Å². The molecular weight excluding hydrogens is 342 g/mol. The van der Waals surface area contributed by atoms with Crippen molar-refractivity contribution in [3.8, 4) is 0 Å². The number of H-pyrrole nitrogens is 1. The number of aromatic amines is 1. The minimum atomic E-state index is -0.288. The average molecular weight is 369 g/mol. The van der Waals surface area contributed by atoms with Gasteiger partial charge in [0.2, 0.25) is 0 Å². The van der Waals surface area contributed by atoms with E-state index in [2.05, 4.69) is 4.98 Å². The summed E-state index contributed by atoms with van der Waals surface area (Å²) in [5, 5.41) is 10.5. The summed E-state index contributed by atoms with van der Waals surface area (Å²) in [5.41, 5.74) is 2.16. The third kappa shape index (κ3) is 3.00. The first-order chi connectivity index (χ1) is 13.1. The fraction of sp³-hybridized carbons (Fsp3) is 0.619. The van der Waals surface area contributed by atoms with Gasteiger partial charge in [0.05, 0.1) is 17.1 Å². The summed E-state index contributed by atoms with van der Waals surface area (Å²) in [5.74, 6) is 0.749. The molecule has 3 fully saturated rings. The van der Waals surface area contributed by atoms with Crippen LogP contribution in [0.15, 0.2) is 23.0 Å². The Kier molecular flexibility index (Phi) is 4.11. The van der Waals surface area contributed by atoms with Gasteiger partial charge in [-0.1, -0.05) is 25.7 Å². The lowest BCUT2D eigenvalue weighted by Gasteiger charge is -2.39. The third-order valence-corrected chi connectivity index (χ3v) is 6.79. The molecule has 144 valence electrons. The molecule has 1 aromatic carbocycles. The van der Waals surface area contributed by atoms with E-state index in [1.807, 2.05) is 27.7 Å². The summed E-state index contributed by atoms with van der Waals surface area (Å²) < 4.78 is 1.82. The number of aliphatic hydroxyl groups excluding tert-OH is 1. The summed E-state index contributed by atoms with van der Waals surface area (Å²) in [6.07, 6.45) is 7.29. The number of imidazole rings is 1. The Morgan fingerprint density at radius 2 is 1.89 bits per heavy atom. The van der Waals surface area contributed by atoms with Crippen molar-refractivity contribution in [1.29, 1.82) is 0 Å². The van der Waals surface area contributed by atoms with E-state index < -0.39 is 0 Å². The summed E-state index contributed by atoms with van der Waals surface area (Å²) in [6, 6.07) is 5.86. The van der Waals surface area contributed by atoms with Crippen LogP contribution in [0.2, 0.25) is 0 Å². The number of fused-ring (bicyclic) bond motifs is 1. The molecule has 6 heteroatoms. The highest BCUT2D eigenvalue weighted by Crippen LogP contribution is 2.37. The quantitative estimate of drug-likeness (QED) is 0.873. The zero-order valence-electron chi connectivity index (χ0n) is 15.6. The summed E-state index contributed by atoms with van der Waals surface area (Å²) in [4.78, 5) is 30.1. The Morgan fingerprint density at radius 1 is 1.11 bits per heavy atom. The van der Waals surface area contributed by atoms with E-state index in [-0.39, 0.29) is 23.6 Å². The molecule has 1 aliphatic heterocycles. The highest BCUT2D eigenvalue weighted by atomic mass is 16.3. The monoisotopic (exact) mass is 369 g/mol. The predicted molar refractivity (Wildman–Crippen MR) is 103 cm³/mol. The number of likely N-dealkylation sites (tertiary alicyclic amines) is 1. The minimum absolute atomic E-state index is 0.00631. The molecule has 1 amide bonds. The van der Waals surface area contributed by atoms with Gasteiger partial charge in [-0.2, -0.15) is 0 Å². The molecule has 1 aromatic heterocycles. The third-order valence-electron chi connectivity index (χ3n) is 6.79. The Morgan fingerprint density at radius 3 is 2.63 bits per heavy atom. The van der Waals surface area contributed by atoms with Crippen molar-refractivity contribution < 1.29 is 9.90 Å². The Balaban J connectivity index is 1.39. The molecule has 3 aliphatic rings. The van der Waals surface area contributed by atoms with Crippen molar-refractivity contribution >= 4 is 16.9 Å². The van der Waals surface area contributed by atoms with Gasteiger partial charge in [0.25, 0.3) is 5.91 Å². The average Bonchev–Trinajstić information content (AvgIpc) is 3.23. The molecule has 2 N–H and O–H groups in total. The SMILES string of the molecule is O=C(c1ccc2c(c1)[nH]c(=O)n2C1CC1)N1CC[C@@H](O)[C@H](C2CCCC2)C1. The van der Waals surface area contributed by atoms with Crippen LogP contribution in [0.5, 0.6) is 0 Å².